The van der Waals surface area contributed by atoms with E-state index >= 15 is 0 Å². The second-order valence-corrected chi connectivity index (χ2v) is 18.6. The molecule has 0 amide bonds. The molecule has 0 bridgehead atoms. The second kappa shape index (κ2) is 21.2. The Balaban J connectivity index is 0.000000387. The van der Waals surface area contributed by atoms with E-state index in [1.165, 1.54) is 44.5 Å². The molecular formula is C52H76N4Zr. The molecule has 308 valence electrons. The third-order valence-corrected chi connectivity index (χ3v) is 11.7. The molecule has 0 spiro atoms. The molecule has 0 atom stereocenters. The number of hydrogen-bond acceptors (Lipinski definition) is 0. The van der Waals surface area contributed by atoms with Crippen LogP contribution in [0, 0.1) is 0 Å². The first-order chi connectivity index (χ1) is 26.1. The fraction of sp³-hybridized carbons (Fsp3) is 0.538. The molecule has 0 saturated heterocycles. The monoisotopic (exact) mass is 847 g/mol. The SMILES string of the molecule is CC(C)c1cccc(C(C)C)c1C([NH-])(C[NH-])c1c(C(C)C)cccc1C(C)C.CC(C)c1cccc(C(C)C)c1C([NH-])(C[NH-])c1c(C(C)C)cccc1C(C)C.[Zr+4]. The smallest absolute Gasteiger partial charge is 0.678 e. The van der Waals surface area contributed by atoms with Crippen molar-refractivity contribution in [1.82, 2.24) is 0 Å². The van der Waals surface area contributed by atoms with E-state index in [1.807, 2.05) is 0 Å². The van der Waals surface area contributed by atoms with Gasteiger partial charge in [-0.05, 0) is 91.9 Å². The first kappa shape index (κ1) is 50.7. The summed E-state index contributed by atoms with van der Waals surface area (Å²) >= 11 is 0. The maximum Gasteiger partial charge on any atom is 4.00 e. The molecule has 4 nitrogen and oxygen atoms in total. The van der Waals surface area contributed by atoms with Crippen molar-refractivity contribution >= 4 is 0 Å². The Bertz CT molecular complexity index is 1510. The van der Waals surface area contributed by atoms with Gasteiger partial charge in [0.05, 0.1) is 0 Å². The van der Waals surface area contributed by atoms with Gasteiger partial charge in [-0.3, -0.25) is 0 Å². The van der Waals surface area contributed by atoms with E-state index in [-0.39, 0.29) is 39.3 Å². The number of benzene rings is 4. The van der Waals surface area contributed by atoms with Crippen molar-refractivity contribution in [2.24, 2.45) is 0 Å². The largest absolute Gasteiger partial charge is 4.00 e. The summed E-state index contributed by atoms with van der Waals surface area (Å²) in [6.07, 6.45) is 0. The maximum atomic E-state index is 9.80. The minimum absolute atomic E-state index is 0. The van der Waals surface area contributed by atoms with E-state index < -0.39 is 11.1 Å². The average molecular weight is 848 g/mol. The van der Waals surface area contributed by atoms with Gasteiger partial charge in [0.1, 0.15) is 0 Å². The van der Waals surface area contributed by atoms with Gasteiger partial charge in [0.2, 0.25) is 0 Å². The van der Waals surface area contributed by atoms with Gasteiger partial charge in [-0.25, -0.2) is 0 Å². The van der Waals surface area contributed by atoms with Crippen LogP contribution < -0.4 is 0 Å². The van der Waals surface area contributed by atoms with Gasteiger partial charge in [0, 0.05) is 0 Å². The van der Waals surface area contributed by atoms with Crippen LogP contribution in [-0.4, -0.2) is 13.1 Å². The molecule has 0 fully saturated rings. The van der Waals surface area contributed by atoms with Crippen LogP contribution in [0.2, 0.25) is 0 Å². The first-order valence-corrected chi connectivity index (χ1v) is 21.4. The molecule has 4 aromatic carbocycles. The van der Waals surface area contributed by atoms with Gasteiger partial charge in [-0.2, -0.15) is 13.1 Å². The topological polar surface area (TPSA) is 95.2 Å². The zero-order valence-electron chi connectivity index (χ0n) is 38.5. The molecule has 0 radical (unpaired) electrons. The summed E-state index contributed by atoms with van der Waals surface area (Å²) in [7, 11) is 0. The van der Waals surface area contributed by atoms with Crippen LogP contribution in [0.15, 0.2) is 72.8 Å². The molecular weight excluding hydrogens is 772 g/mol. The van der Waals surface area contributed by atoms with E-state index in [1.54, 1.807) is 0 Å². The predicted molar refractivity (Wildman–Crippen MR) is 247 cm³/mol. The van der Waals surface area contributed by atoms with Crippen LogP contribution in [0.5, 0.6) is 0 Å². The van der Waals surface area contributed by atoms with Crippen LogP contribution in [0.25, 0.3) is 22.9 Å². The summed E-state index contributed by atoms with van der Waals surface area (Å²) in [5.41, 5.74) is 48.6. The standard InChI is InChI=1S/2C26H38N2.Zr/c2*1-16(2)20-11-9-12-21(17(3)4)24(20)26(28,15-27)25-22(18(5)6)13-10-14-23(25)19(7)8;/h2*9-14,16-19,27-28H,15H2,1-8H3;/q2*-2;+4. The fourth-order valence-electron chi connectivity index (χ4n) is 8.78. The van der Waals surface area contributed by atoms with Gasteiger partial charge >= 0.3 is 26.2 Å². The zero-order valence-corrected chi connectivity index (χ0v) is 40.9. The normalized spacial score (nSPS) is 12.4. The third-order valence-electron chi connectivity index (χ3n) is 11.7. The Morgan fingerprint density at radius 1 is 0.316 bits per heavy atom. The minimum Gasteiger partial charge on any atom is -0.678 e. The van der Waals surface area contributed by atoms with Crippen molar-refractivity contribution in [2.45, 2.75) is 169 Å². The van der Waals surface area contributed by atoms with Gasteiger partial charge in [0.15, 0.2) is 0 Å². The van der Waals surface area contributed by atoms with Gasteiger partial charge in [-0.1, -0.05) is 217 Å². The molecule has 0 saturated carbocycles. The van der Waals surface area contributed by atoms with E-state index in [0.717, 1.165) is 22.3 Å². The molecule has 4 N–H and O–H groups in total. The average Bonchev–Trinajstić information content (AvgIpc) is 3.15. The van der Waals surface area contributed by atoms with Crippen molar-refractivity contribution in [2.75, 3.05) is 13.1 Å². The molecule has 0 aromatic heterocycles. The number of nitrogens with one attached hydrogen (secondary N) is 4. The summed E-state index contributed by atoms with van der Waals surface area (Å²) in [6.45, 7) is 35.2. The van der Waals surface area contributed by atoms with Crippen LogP contribution in [0.3, 0.4) is 0 Å². The molecule has 4 aromatic rings. The Morgan fingerprint density at radius 2 is 0.439 bits per heavy atom. The second-order valence-electron chi connectivity index (χ2n) is 18.6. The van der Waals surface area contributed by atoms with Crippen LogP contribution >= 0.6 is 0 Å². The molecule has 5 heteroatoms. The Morgan fingerprint density at radius 3 is 0.526 bits per heavy atom. The predicted octanol–water partition coefficient (Wildman–Crippen LogP) is 17.1. The Labute approximate surface area is 368 Å². The van der Waals surface area contributed by atoms with E-state index in [0.29, 0.717) is 47.3 Å². The van der Waals surface area contributed by atoms with Crippen LogP contribution in [0.1, 0.15) is 225 Å². The van der Waals surface area contributed by atoms with Crippen LogP contribution in [0.4, 0.5) is 0 Å². The van der Waals surface area contributed by atoms with Gasteiger partial charge < -0.3 is 22.9 Å². The number of rotatable bonds is 14. The molecule has 0 aliphatic rings. The van der Waals surface area contributed by atoms with E-state index in [2.05, 4.69) is 184 Å². The maximum absolute atomic E-state index is 9.80. The quantitative estimate of drug-likeness (QED) is 0.121. The van der Waals surface area contributed by atoms with Crippen LogP contribution in [-0.2, 0) is 37.3 Å². The summed E-state index contributed by atoms with van der Waals surface area (Å²) in [6, 6.07) is 25.8. The van der Waals surface area contributed by atoms with Crippen molar-refractivity contribution < 1.29 is 26.2 Å². The summed E-state index contributed by atoms with van der Waals surface area (Å²) in [5.74, 6) is 2.55. The molecule has 0 aliphatic carbocycles. The van der Waals surface area contributed by atoms with Gasteiger partial charge in [-0.15, -0.1) is 0 Å². The zero-order chi connectivity index (χ0) is 42.4. The van der Waals surface area contributed by atoms with Crippen molar-refractivity contribution in [1.29, 1.82) is 0 Å². The molecule has 0 heterocycles. The van der Waals surface area contributed by atoms with Crippen molar-refractivity contribution in [3.63, 3.8) is 0 Å². The summed E-state index contributed by atoms with van der Waals surface area (Å²) < 4.78 is 0. The van der Waals surface area contributed by atoms with Gasteiger partial charge in [0.25, 0.3) is 0 Å². The molecule has 57 heavy (non-hydrogen) atoms. The Kier molecular flexibility index (Phi) is 18.9. The molecule has 0 aliphatic heterocycles. The summed E-state index contributed by atoms with van der Waals surface area (Å²) in [4.78, 5) is 0. The molecule has 0 unspecified atom stereocenters. The van der Waals surface area contributed by atoms with Crippen molar-refractivity contribution in [3.05, 3.63) is 162 Å². The molecule has 4 rings (SSSR count). The van der Waals surface area contributed by atoms with E-state index in [4.69, 9.17) is 11.5 Å². The summed E-state index contributed by atoms with van der Waals surface area (Å²) in [5, 5.41) is 0. The first-order valence-electron chi connectivity index (χ1n) is 21.4. The van der Waals surface area contributed by atoms with Crippen molar-refractivity contribution in [3.8, 4) is 0 Å². The minimum atomic E-state index is -1.07. The van der Waals surface area contributed by atoms with E-state index in [9.17, 15) is 11.5 Å². The Hall–Kier alpha value is -2.40. The number of hydrogen-bond donors (Lipinski definition) is 0. The third kappa shape index (κ3) is 10.7. The fourth-order valence-corrected chi connectivity index (χ4v) is 8.78.